The van der Waals surface area contributed by atoms with Crippen LogP contribution in [-0.4, -0.2) is 29.6 Å². The van der Waals surface area contributed by atoms with Crippen LogP contribution in [0.15, 0.2) is 77.7 Å². The Morgan fingerprint density at radius 2 is 1.65 bits per heavy atom. The minimum atomic E-state index is -0.519. The number of carbonyl (C=O) groups excluding carboxylic acids is 2. The number of rotatable bonds is 8. The third-order valence-electron chi connectivity index (χ3n) is 4.20. The van der Waals surface area contributed by atoms with Crippen molar-refractivity contribution >= 4 is 40.6 Å². The van der Waals surface area contributed by atoms with Crippen molar-refractivity contribution < 1.29 is 19.2 Å². The Labute approximate surface area is 182 Å². The van der Waals surface area contributed by atoms with Crippen molar-refractivity contribution in [1.82, 2.24) is 0 Å². The molecule has 0 aliphatic carbocycles. The summed E-state index contributed by atoms with van der Waals surface area (Å²) < 4.78 is 5.22. The van der Waals surface area contributed by atoms with E-state index in [9.17, 15) is 19.7 Å². The summed E-state index contributed by atoms with van der Waals surface area (Å²) in [6, 6.07) is 19.6. The monoisotopic (exact) mass is 437 g/mol. The van der Waals surface area contributed by atoms with E-state index in [0.29, 0.717) is 22.7 Å². The Morgan fingerprint density at radius 1 is 0.968 bits per heavy atom. The van der Waals surface area contributed by atoms with Gasteiger partial charge in [-0.2, -0.15) is 0 Å². The first kappa shape index (κ1) is 21.8. The number of nitro benzene ring substituents is 1. The highest BCUT2D eigenvalue weighted by molar-refractivity contribution is 8.00. The lowest BCUT2D eigenvalue weighted by Crippen LogP contribution is -2.14. The second-order valence-corrected chi connectivity index (χ2v) is 7.37. The van der Waals surface area contributed by atoms with Gasteiger partial charge in [-0.05, 0) is 48.5 Å². The molecule has 0 fully saturated rings. The third kappa shape index (κ3) is 6.06. The van der Waals surface area contributed by atoms with E-state index < -0.39 is 4.92 Å². The molecule has 31 heavy (non-hydrogen) atoms. The lowest BCUT2D eigenvalue weighted by Gasteiger charge is -2.10. The van der Waals surface area contributed by atoms with Crippen LogP contribution in [0, 0.1) is 10.1 Å². The van der Waals surface area contributed by atoms with Crippen LogP contribution in [0.25, 0.3) is 0 Å². The Balaban J connectivity index is 1.52. The van der Waals surface area contributed by atoms with E-state index in [2.05, 4.69) is 10.6 Å². The van der Waals surface area contributed by atoms with E-state index in [1.807, 2.05) is 12.1 Å². The molecule has 8 nitrogen and oxygen atoms in total. The molecule has 2 amide bonds. The van der Waals surface area contributed by atoms with Crippen molar-refractivity contribution in [1.29, 1.82) is 0 Å². The minimum absolute atomic E-state index is 0.0762. The van der Waals surface area contributed by atoms with Crippen molar-refractivity contribution in [3.63, 3.8) is 0 Å². The quantitative estimate of drug-likeness (QED) is 0.303. The molecule has 3 aromatic carbocycles. The van der Waals surface area contributed by atoms with E-state index in [1.165, 1.54) is 36.0 Å². The molecule has 2 N–H and O–H groups in total. The van der Waals surface area contributed by atoms with Gasteiger partial charge in [-0.25, -0.2) is 0 Å². The van der Waals surface area contributed by atoms with Gasteiger partial charge < -0.3 is 15.4 Å². The zero-order valence-electron chi connectivity index (χ0n) is 16.5. The fourth-order valence-corrected chi connectivity index (χ4v) is 3.35. The normalized spacial score (nSPS) is 10.2. The summed E-state index contributed by atoms with van der Waals surface area (Å²) in [5.74, 6) is 0.275. The van der Waals surface area contributed by atoms with Crippen molar-refractivity contribution in [2.75, 3.05) is 23.5 Å². The number of amides is 2. The third-order valence-corrected chi connectivity index (χ3v) is 5.22. The number of non-ortho nitro benzene ring substituents is 1. The smallest absolute Gasteiger partial charge is 0.269 e. The molecule has 0 aliphatic rings. The van der Waals surface area contributed by atoms with Gasteiger partial charge in [-0.3, -0.25) is 19.7 Å². The number of ether oxygens (including phenoxy) is 1. The Hall–Kier alpha value is -3.85. The number of nitrogens with zero attached hydrogens (tertiary/aromatic N) is 1. The van der Waals surface area contributed by atoms with E-state index in [4.69, 9.17) is 4.74 Å². The summed E-state index contributed by atoms with van der Waals surface area (Å²) in [6.45, 7) is 0. The average molecular weight is 437 g/mol. The number of hydrogen-bond acceptors (Lipinski definition) is 6. The molecule has 3 aromatic rings. The van der Waals surface area contributed by atoms with Gasteiger partial charge in [0.2, 0.25) is 5.91 Å². The zero-order valence-corrected chi connectivity index (χ0v) is 17.3. The van der Waals surface area contributed by atoms with E-state index in [1.54, 1.807) is 43.5 Å². The number of anilines is 2. The van der Waals surface area contributed by atoms with Gasteiger partial charge in [-0.1, -0.05) is 12.1 Å². The van der Waals surface area contributed by atoms with Crippen molar-refractivity contribution in [2.24, 2.45) is 0 Å². The van der Waals surface area contributed by atoms with Crippen LogP contribution in [0.1, 0.15) is 10.4 Å². The van der Waals surface area contributed by atoms with Crippen LogP contribution in [0.4, 0.5) is 17.1 Å². The molecule has 0 heterocycles. The summed E-state index contributed by atoms with van der Waals surface area (Å²) in [5.41, 5.74) is 1.43. The first-order valence-corrected chi connectivity index (χ1v) is 10.2. The van der Waals surface area contributed by atoms with Crippen molar-refractivity contribution in [3.8, 4) is 5.75 Å². The highest BCUT2D eigenvalue weighted by Crippen LogP contribution is 2.25. The standard InChI is InChI=1S/C22H19N3O5S/c1-30-20-5-3-2-4-19(20)24-21(26)14-31-18-12-8-16(9-13-18)23-22(27)15-6-10-17(11-7-15)25(28)29/h2-13H,14H2,1H3,(H,23,27)(H,24,26). The maximum atomic E-state index is 12.3. The first-order valence-electron chi connectivity index (χ1n) is 9.18. The maximum Gasteiger partial charge on any atom is 0.269 e. The molecule has 0 unspecified atom stereocenters. The van der Waals surface area contributed by atoms with Gasteiger partial charge in [0.15, 0.2) is 0 Å². The second-order valence-electron chi connectivity index (χ2n) is 6.32. The lowest BCUT2D eigenvalue weighted by atomic mass is 10.2. The van der Waals surface area contributed by atoms with E-state index in [-0.39, 0.29) is 23.3 Å². The van der Waals surface area contributed by atoms with Crippen LogP contribution in [0.2, 0.25) is 0 Å². The second kappa shape index (κ2) is 10.3. The number of carbonyl (C=O) groups is 2. The predicted molar refractivity (Wildman–Crippen MR) is 120 cm³/mol. The van der Waals surface area contributed by atoms with Crippen molar-refractivity contribution in [2.45, 2.75) is 4.90 Å². The number of methoxy groups -OCH3 is 1. The van der Waals surface area contributed by atoms with Crippen LogP contribution in [-0.2, 0) is 4.79 Å². The number of nitro groups is 1. The molecule has 0 aliphatic heterocycles. The molecule has 0 spiro atoms. The van der Waals surface area contributed by atoms with Gasteiger partial charge >= 0.3 is 0 Å². The summed E-state index contributed by atoms with van der Waals surface area (Å²) in [5, 5.41) is 16.2. The molecule has 0 aromatic heterocycles. The van der Waals surface area contributed by atoms with Crippen LogP contribution < -0.4 is 15.4 Å². The van der Waals surface area contributed by atoms with Gasteiger partial charge in [0.1, 0.15) is 5.75 Å². The van der Waals surface area contributed by atoms with E-state index >= 15 is 0 Å². The fraction of sp³-hybridized carbons (Fsp3) is 0.0909. The topological polar surface area (TPSA) is 111 Å². The number of nitrogens with one attached hydrogen (secondary N) is 2. The lowest BCUT2D eigenvalue weighted by molar-refractivity contribution is -0.384. The van der Waals surface area contributed by atoms with Crippen LogP contribution in [0.5, 0.6) is 5.75 Å². The predicted octanol–water partition coefficient (Wildman–Crippen LogP) is 4.59. The summed E-state index contributed by atoms with van der Waals surface area (Å²) in [7, 11) is 1.54. The highest BCUT2D eigenvalue weighted by Gasteiger charge is 2.11. The number of benzene rings is 3. The zero-order chi connectivity index (χ0) is 22.2. The first-order chi connectivity index (χ1) is 15.0. The Bertz CT molecular complexity index is 1090. The molecule has 9 heteroatoms. The summed E-state index contributed by atoms with van der Waals surface area (Å²) in [4.78, 5) is 35.5. The van der Waals surface area contributed by atoms with Gasteiger partial charge in [0, 0.05) is 28.3 Å². The summed E-state index contributed by atoms with van der Waals surface area (Å²) in [6.07, 6.45) is 0. The fourth-order valence-electron chi connectivity index (χ4n) is 2.66. The summed E-state index contributed by atoms with van der Waals surface area (Å²) >= 11 is 1.36. The molecule has 158 valence electrons. The molecule has 0 bridgehead atoms. The SMILES string of the molecule is COc1ccccc1NC(=O)CSc1ccc(NC(=O)c2ccc([N+](=O)[O-])cc2)cc1. The van der Waals surface area contributed by atoms with Gasteiger partial charge in [0.05, 0.1) is 23.5 Å². The number of hydrogen-bond donors (Lipinski definition) is 2. The Morgan fingerprint density at radius 3 is 2.29 bits per heavy atom. The minimum Gasteiger partial charge on any atom is -0.495 e. The molecule has 0 atom stereocenters. The van der Waals surface area contributed by atoms with E-state index in [0.717, 1.165) is 4.90 Å². The molecule has 0 saturated carbocycles. The van der Waals surface area contributed by atoms with Crippen LogP contribution >= 0.6 is 11.8 Å². The Kier molecular flexibility index (Phi) is 7.23. The van der Waals surface area contributed by atoms with Gasteiger partial charge in [-0.15, -0.1) is 11.8 Å². The van der Waals surface area contributed by atoms with Crippen molar-refractivity contribution in [3.05, 3.63) is 88.5 Å². The molecule has 0 saturated heterocycles. The van der Waals surface area contributed by atoms with Gasteiger partial charge in [0.25, 0.3) is 11.6 Å². The maximum absolute atomic E-state index is 12.3. The molecular formula is C22H19N3O5S. The largest absolute Gasteiger partial charge is 0.495 e. The number of thioether (sulfide) groups is 1. The molecular weight excluding hydrogens is 418 g/mol. The molecule has 0 radical (unpaired) electrons. The number of para-hydroxylation sites is 2. The highest BCUT2D eigenvalue weighted by atomic mass is 32.2. The van der Waals surface area contributed by atoms with Crippen LogP contribution in [0.3, 0.4) is 0 Å². The average Bonchev–Trinajstić information content (AvgIpc) is 2.79. The molecule has 3 rings (SSSR count).